The maximum Gasteiger partial charge on any atom is 0.145 e. The van der Waals surface area contributed by atoms with Crippen LogP contribution in [0.2, 0.25) is 0 Å². The Labute approximate surface area is 138 Å². The van der Waals surface area contributed by atoms with Crippen molar-refractivity contribution in [2.75, 3.05) is 5.32 Å². The molecule has 0 aliphatic rings. The Kier molecular flexibility index (Phi) is 8.29. The molecule has 0 fully saturated rings. The minimum atomic E-state index is 0.348. The number of nitrogens with zero attached hydrogens (tertiary/aromatic N) is 2. The van der Waals surface area contributed by atoms with E-state index in [2.05, 4.69) is 42.3 Å². The van der Waals surface area contributed by atoms with Gasteiger partial charge in [-0.25, -0.2) is 4.98 Å². The van der Waals surface area contributed by atoms with Gasteiger partial charge in [0.15, 0.2) is 0 Å². The molecule has 4 heteroatoms. The third-order valence-corrected chi connectivity index (χ3v) is 3.26. The normalized spacial score (nSPS) is 12.9. The molecule has 0 aliphatic heterocycles. The van der Waals surface area contributed by atoms with Gasteiger partial charge in [-0.05, 0) is 31.1 Å². The highest BCUT2D eigenvalue weighted by molar-refractivity contribution is 5.75. The predicted molar refractivity (Wildman–Crippen MR) is 97.2 cm³/mol. The predicted octanol–water partition coefficient (Wildman–Crippen LogP) is 4.35. The zero-order valence-electron chi connectivity index (χ0n) is 14.0. The molecular weight excluding hydrogens is 286 g/mol. The minimum absolute atomic E-state index is 0.348. The lowest BCUT2D eigenvalue weighted by Crippen LogP contribution is -2.16. The zero-order chi connectivity index (χ0) is 17.1. The smallest absolute Gasteiger partial charge is 0.145 e. The van der Waals surface area contributed by atoms with Gasteiger partial charge in [0.1, 0.15) is 12.1 Å². The Bertz CT molecular complexity index is 602. The van der Waals surface area contributed by atoms with Gasteiger partial charge in [0, 0.05) is 11.6 Å². The van der Waals surface area contributed by atoms with Crippen molar-refractivity contribution in [3.05, 3.63) is 61.1 Å². The van der Waals surface area contributed by atoms with Crippen LogP contribution < -0.4 is 5.32 Å². The molecule has 0 aromatic carbocycles. The van der Waals surface area contributed by atoms with Crippen LogP contribution in [0.25, 0.3) is 5.57 Å². The molecule has 1 aromatic rings. The van der Waals surface area contributed by atoms with Crippen molar-refractivity contribution in [2.45, 2.75) is 39.2 Å². The van der Waals surface area contributed by atoms with E-state index in [1.807, 2.05) is 6.08 Å². The molecule has 0 amide bonds. The quantitative estimate of drug-likeness (QED) is 0.396. The highest BCUT2D eigenvalue weighted by Gasteiger charge is 2.06. The summed E-state index contributed by atoms with van der Waals surface area (Å²) >= 11 is 0. The molecular formula is C19H25N3O. The standard InChI is InChI=1S/C19H25N3O/c1-5-7-10-16(4)21-19-14-20-13-18(22-19)17(6-2)12-15(3)9-8-11-23/h6,8-9,11-14,16H,2-3,5,7,10H2,1,4H3,(H,21,22)/b9-8+,17-12+. The fourth-order valence-electron chi connectivity index (χ4n) is 2.06. The van der Waals surface area contributed by atoms with Crippen LogP contribution in [0.1, 0.15) is 38.8 Å². The lowest BCUT2D eigenvalue weighted by molar-refractivity contribution is -0.104. The number of carbonyl (C=O) groups is 1. The maximum absolute atomic E-state index is 10.4. The number of aromatic nitrogens is 2. The lowest BCUT2D eigenvalue weighted by Gasteiger charge is -2.14. The molecule has 1 atom stereocenters. The van der Waals surface area contributed by atoms with E-state index >= 15 is 0 Å². The van der Waals surface area contributed by atoms with Gasteiger partial charge < -0.3 is 5.32 Å². The van der Waals surface area contributed by atoms with Gasteiger partial charge in [-0.3, -0.25) is 9.78 Å². The fraction of sp³-hybridized carbons (Fsp3) is 0.316. The Morgan fingerprint density at radius 2 is 2.22 bits per heavy atom. The summed E-state index contributed by atoms with van der Waals surface area (Å²) in [5.41, 5.74) is 2.22. The summed E-state index contributed by atoms with van der Waals surface area (Å²) < 4.78 is 0. The van der Waals surface area contributed by atoms with Gasteiger partial charge in [-0.15, -0.1) is 0 Å². The highest BCUT2D eigenvalue weighted by atomic mass is 16.1. The lowest BCUT2D eigenvalue weighted by atomic mass is 10.1. The van der Waals surface area contributed by atoms with Crippen molar-refractivity contribution < 1.29 is 4.79 Å². The van der Waals surface area contributed by atoms with Crippen LogP contribution in [-0.4, -0.2) is 22.3 Å². The van der Waals surface area contributed by atoms with Gasteiger partial charge in [-0.1, -0.05) is 45.1 Å². The first-order valence-corrected chi connectivity index (χ1v) is 7.84. The molecule has 0 radical (unpaired) electrons. The van der Waals surface area contributed by atoms with Crippen LogP contribution in [0.4, 0.5) is 5.82 Å². The molecule has 0 spiro atoms. The molecule has 122 valence electrons. The molecule has 0 saturated carbocycles. The van der Waals surface area contributed by atoms with E-state index in [0.717, 1.165) is 17.8 Å². The van der Waals surface area contributed by atoms with Crippen molar-refractivity contribution in [3.8, 4) is 0 Å². The summed E-state index contributed by atoms with van der Waals surface area (Å²) in [5, 5.41) is 3.37. The van der Waals surface area contributed by atoms with Gasteiger partial charge in [0.05, 0.1) is 18.1 Å². The van der Waals surface area contributed by atoms with Crippen LogP contribution >= 0.6 is 0 Å². The van der Waals surface area contributed by atoms with E-state index in [4.69, 9.17) is 0 Å². The number of hydrogen-bond donors (Lipinski definition) is 1. The van der Waals surface area contributed by atoms with E-state index in [0.29, 0.717) is 23.6 Å². The van der Waals surface area contributed by atoms with E-state index in [-0.39, 0.29) is 0 Å². The third-order valence-electron chi connectivity index (χ3n) is 3.26. The van der Waals surface area contributed by atoms with Crippen LogP contribution in [0.5, 0.6) is 0 Å². The number of anilines is 1. The Morgan fingerprint density at radius 1 is 1.43 bits per heavy atom. The monoisotopic (exact) mass is 311 g/mol. The molecule has 0 aliphatic carbocycles. The second-order valence-corrected chi connectivity index (χ2v) is 5.35. The topological polar surface area (TPSA) is 54.9 Å². The van der Waals surface area contributed by atoms with Crippen LogP contribution in [0, 0.1) is 0 Å². The van der Waals surface area contributed by atoms with Crippen molar-refractivity contribution in [1.82, 2.24) is 9.97 Å². The number of allylic oxidation sites excluding steroid dienone is 6. The van der Waals surface area contributed by atoms with Crippen molar-refractivity contribution in [2.24, 2.45) is 0 Å². The number of nitrogens with one attached hydrogen (secondary N) is 1. The van der Waals surface area contributed by atoms with Crippen molar-refractivity contribution in [1.29, 1.82) is 0 Å². The average molecular weight is 311 g/mol. The molecule has 1 unspecified atom stereocenters. The molecule has 1 heterocycles. The summed E-state index contributed by atoms with van der Waals surface area (Å²) in [6, 6.07) is 0.348. The molecule has 1 rings (SSSR count). The van der Waals surface area contributed by atoms with E-state index in [9.17, 15) is 4.79 Å². The molecule has 1 N–H and O–H groups in total. The van der Waals surface area contributed by atoms with Crippen LogP contribution in [-0.2, 0) is 4.79 Å². The largest absolute Gasteiger partial charge is 0.366 e. The second kappa shape index (κ2) is 10.3. The zero-order valence-corrected chi connectivity index (χ0v) is 14.0. The Morgan fingerprint density at radius 3 is 2.87 bits per heavy atom. The number of carbonyl (C=O) groups excluding carboxylic acids is 1. The number of hydrogen-bond acceptors (Lipinski definition) is 4. The van der Waals surface area contributed by atoms with Gasteiger partial charge in [0.2, 0.25) is 0 Å². The van der Waals surface area contributed by atoms with Gasteiger partial charge in [0.25, 0.3) is 0 Å². The van der Waals surface area contributed by atoms with E-state index < -0.39 is 0 Å². The highest BCUT2D eigenvalue weighted by Crippen LogP contribution is 2.17. The van der Waals surface area contributed by atoms with Crippen molar-refractivity contribution >= 4 is 17.7 Å². The first-order valence-electron chi connectivity index (χ1n) is 7.84. The third kappa shape index (κ3) is 6.87. The van der Waals surface area contributed by atoms with Crippen LogP contribution in [0.3, 0.4) is 0 Å². The molecule has 0 saturated heterocycles. The summed E-state index contributed by atoms with van der Waals surface area (Å²) in [6.07, 6.45) is 14.1. The second-order valence-electron chi connectivity index (χ2n) is 5.35. The summed E-state index contributed by atoms with van der Waals surface area (Å²) in [4.78, 5) is 19.2. The summed E-state index contributed by atoms with van der Waals surface area (Å²) in [6.45, 7) is 12.0. The molecule has 23 heavy (non-hydrogen) atoms. The molecule has 1 aromatic heterocycles. The molecule has 0 bridgehead atoms. The molecule has 4 nitrogen and oxygen atoms in total. The first-order chi connectivity index (χ1) is 11.1. The van der Waals surface area contributed by atoms with Crippen LogP contribution in [0.15, 0.2) is 55.4 Å². The van der Waals surface area contributed by atoms with E-state index in [1.165, 1.54) is 18.9 Å². The number of unbranched alkanes of at least 4 members (excludes halogenated alkanes) is 1. The maximum atomic E-state index is 10.4. The number of rotatable bonds is 10. The summed E-state index contributed by atoms with van der Waals surface area (Å²) in [5.74, 6) is 0.743. The Balaban J connectivity index is 2.90. The van der Waals surface area contributed by atoms with E-state index in [1.54, 1.807) is 24.5 Å². The van der Waals surface area contributed by atoms with Crippen molar-refractivity contribution in [3.63, 3.8) is 0 Å². The minimum Gasteiger partial charge on any atom is -0.366 e. The Hall–Kier alpha value is -2.49. The fourth-order valence-corrected chi connectivity index (χ4v) is 2.06. The summed E-state index contributed by atoms with van der Waals surface area (Å²) in [7, 11) is 0. The first kappa shape index (κ1) is 18.6. The van der Waals surface area contributed by atoms with Gasteiger partial charge >= 0.3 is 0 Å². The SMILES string of the molecule is C=C/C(=C\C(=C)/C=C/C=O)c1cncc(NC(C)CCCC)n1. The van der Waals surface area contributed by atoms with Gasteiger partial charge in [-0.2, -0.15) is 0 Å². The number of aldehydes is 1. The average Bonchev–Trinajstić information content (AvgIpc) is 2.56.